The van der Waals surface area contributed by atoms with Gasteiger partial charge in [-0.05, 0) is 37.1 Å². The Balaban J connectivity index is 2.17. The highest BCUT2D eigenvalue weighted by Crippen LogP contribution is 2.11. The van der Waals surface area contributed by atoms with E-state index in [0.29, 0.717) is 24.1 Å². The summed E-state index contributed by atoms with van der Waals surface area (Å²) >= 11 is 0. The van der Waals surface area contributed by atoms with Gasteiger partial charge in [-0.2, -0.15) is 5.26 Å². The van der Waals surface area contributed by atoms with Crippen LogP contribution < -0.4 is 5.32 Å². The first-order chi connectivity index (χ1) is 9.61. The summed E-state index contributed by atoms with van der Waals surface area (Å²) in [6.07, 6.45) is 3.71. The van der Waals surface area contributed by atoms with Crippen molar-refractivity contribution in [2.75, 3.05) is 5.32 Å². The Bertz CT molecular complexity index is 489. The zero-order chi connectivity index (χ0) is 14.8. The zero-order valence-electron chi connectivity index (χ0n) is 11.3. The molecule has 1 rings (SSSR count). The normalized spacial score (nSPS) is 9.75. The molecule has 0 radical (unpaired) electrons. The second kappa shape index (κ2) is 8.70. The molecular weight excluding hydrogens is 256 g/mol. The number of carbonyl (C=O) groups excluding carboxylic acids is 1. The molecule has 1 aromatic rings. The van der Waals surface area contributed by atoms with Gasteiger partial charge in [0.1, 0.15) is 0 Å². The topological polar surface area (TPSA) is 90.2 Å². The number of amides is 1. The van der Waals surface area contributed by atoms with Crippen LogP contribution >= 0.6 is 0 Å². The maximum atomic E-state index is 11.6. The quantitative estimate of drug-likeness (QED) is 0.713. The molecule has 0 bridgehead atoms. The number of benzene rings is 1. The van der Waals surface area contributed by atoms with E-state index in [0.717, 1.165) is 19.3 Å². The summed E-state index contributed by atoms with van der Waals surface area (Å²) in [4.78, 5) is 21.9. The molecule has 5 nitrogen and oxygen atoms in total. The molecule has 0 spiro atoms. The van der Waals surface area contributed by atoms with Gasteiger partial charge >= 0.3 is 5.97 Å². The van der Waals surface area contributed by atoms with E-state index in [1.165, 1.54) is 0 Å². The Labute approximate surface area is 118 Å². The van der Waals surface area contributed by atoms with E-state index in [4.69, 9.17) is 10.4 Å². The summed E-state index contributed by atoms with van der Waals surface area (Å²) in [5, 5.41) is 19.9. The minimum Gasteiger partial charge on any atom is -0.481 e. The van der Waals surface area contributed by atoms with Crippen molar-refractivity contribution < 1.29 is 14.7 Å². The lowest BCUT2D eigenvalue weighted by Gasteiger charge is -2.05. The molecule has 2 N–H and O–H groups in total. The summed E-state index contributed by atoms with van der Waals surface area (Å²) in [5.41, 5.74) is 1.24. The van der Waals surface area contributed by atoms with Gasteiger partial charge in [0.25, 0.3) is 0 Å². The van der Waals surface area contributed by atoms with E-state index in [9.17, 15) is 9.59 Å². The average molecular weight is 274 g/mol. The monoisotopic (exact) mass is 274 g/mol. The molecule has 0 saturated carbocycles. The summed E-state index contributed by atoms with van der Waals surface area (Å²) in [5.74, 6) is -0.837. The molecule has 5 heteroatoms. The number of unbranched alkanes of at least 4 members (excludes halogenated alkanes) is 3. The van der Waals surface area contributed by atoms with E-state index in [1.54, 1.807) is 24.3 Å². The summed E-state index contributed by atoms with van der Waals surface area (Å²) in [6.45, 7) is 0. The van der Waals surface area contributed by atoms with Crippen molar-refractivity contribution in [1.82, 2.24) is 0 Å². The second-order valence-electron chi connectivity index (χ2n) is 4.55. The fourth-order valence-electron chi connectivity index (χ4n) is 1.77. The minimum atomic E-state index is -0.774. The molecule has 0 unspecified atom stereocenters. The highest BCUT2D eigenvalue weighted by Gasteiger charge is 2.03. The molecule has 20 heavy (non-hydrogen) atoms. The molecular formula is C15H18N2O3. The fourth-order valence-corrected chi connectivity index (χ4v) is 1.77. The van der Waals surface area contributed by atoms with Crippen LogP contribution in [0.3, 0.4) is 0 Å². The molecule has 1 aromatic carbocycles. The number of hydrogen-bond acceptors (Lipinski definition) is 3. The molecule has 0 aliphatic carbocycles. The third-order valence-electron chi connectivity index (χ3n) is 2.84. The van der Waals surface area contributed by atoms with E-state index >= 15 is 0 Å². The fraction of sp³-hybridized carbons (Fsp3) is 0.400. The van der Waals surface area contributed by atoms with Crippen LogP contribution in [0.25, 0.3) is 0 Å². The Morgan fingerprint density at radius 3 is 2.20 bits per heavy atom. The highest BCUT2D eigenvalue weighted by atomic mass is 16.4. The number of aliphatic carboxylic acids is 1. The van der Waals surface area contributed by atoms with Crippen molar-refractivity contribution in [2.24, 2.45) is 0 Å². The average Bonchev–Trinajstić information content (AvgIpc) is 2.43. The molecule has 0 atom stereocenters. The van der Waals surface area contributed by atoms with Crippen molar-refractivity contribution in [3.05, 3.63) is 29.8 Å². The van der Waals surface area contributed by atoms with Gasteiger partial charge in [0.05, 0.1) is 11.6 Å². The van der Waals surface area contributed by atoms with Crippen LogP contribution in [0.1, 0.15) is 44.1 Å². The van der Waals surface area contributed by atoms with Crippen LogP contribution in [0.15, 0.2) is 24.3 Å². The molecule has 1 amide bonds. The van der Waals surface area contributed by atoms with Crippen molar-refractivity contribution in [3.8, 4) is 6.07 Å². The van der Waals surface area contributed by atoms with E-state index in [2.05, 4.69) is 5.32 Å². The standard InChI is InChI=1S/C15H18N2O3/c16-11-12-7-9-13(10-8-12)17-14(18)5-3-1-2-4-6-15(19)20/h7-10H,1-6H2,(H,17,18)(H,19,20). The first kappa shape index (κ1) is 15.7. The van der Waals surface area contributed by atoms with E-state index in [1.807, 2.05) is 6.07 Å². The minimum absolute atomic E-state index is 0.0621. The smallest absolute Gasteiger partial charge is 0.303 e. The van der Waals surface area contributed by atoms with Gasteiger partial charge in [-0.15, -0.1) is 0 Å². The number of carboxylic acids is 1. The van der Waals surface area contributed by atoms with Crippen LogP contribution in [0.4, 0.5) is 5.69 Å². The number of carbonyl (C=O) groups is 2. The van der Waals surface area contributed by atoms with Crippen molar-refractivity contribution in [1.29, 1.82) is 5.26 Å². The van der Waals surface area contributed by atoms with E-state index < -0.39 is 5.97 Å². The largest absolute Gasteiger partial charge is 0.481 e. The third kappa shape index (κ3) is 6.55. The van der Waals surface area contributed by atoms with Gasteiger partial charge in [0.2, 0.25) is 5.91 Å². The SMILES string of the molecule is N#Cc1ccc(NC(=O)CCCCCCC(=O)O)cc1. The predicted molar refractivity (Wildman–Crippen MR) is 75.1 cm³/mol. The first-order valence-corrected chi connectivity index (χ1v) is 6.63. The van der Waals surface area contributed by atoms with Gasteiger partial charge in [-0.25, -0.2) is 0 Å². The maximum absolute atomic E-state index is 11.6. The number of carboxylic acid groups (broad SMARTS) is 1. The number of hydrogen-bond donors (Lipinski definition) is 2. The highest BCUT2D eigenvalue weighted by molar-refractivity contribution is 5.90. The number of anilines is 1. The van der Waals surface area contributed by atoms with Crippen molar-refractivity contribution in [3.63, 3.8) is 0 Å². The second-order valence-corrected chi connectivity index (χ2v) is 4.55. The molecule has 0 aliphatic heterocycles. The van der Waals surface area contributed by atoms with Crippen LogP contribution in [0.2, 0.25) is 0 Å². The first-order valence-electron chi connectivity index (χ1n) is 6.63. The van der Waals surface area contributed by atoms with Gasteiger partial charge in [-0.3, -0.25) is 9.59 Å². The summed E-state index contributed by atoms with van der Waals surface area (Å²) < 4.78 is 0. The van der Waals surface area contributed by atoms with Gasteiger partial charge in [0, 0.05) is 18.5 Å². The van der Waals surface area contributed by atoms with Crippen LogP contribution in [-0.2, 0) is 9.59 Å². The Kier molecular flexibility index (Phi) is 6.83. The Morgan fingerprint density at radius 1 is 1.05 bits per heavy atom. The van der Waals surface area contributed by atoms with E-state index in [-0.39, 0.29) is 12.3 Å². The summed E-state index contributed by atoms with van der Waals surface area (Å²) in [7, 11) is 0. The molecule has 0 saturated heterocycles. The van der Waals surface area contributed by atoms with Crippen molar-refractivity contribution in [2.45, 2.75) is 38.5 Å². The number of nitrogens with zero attached hydrogens (tertiary/aromatic N) is 1. The Morgan fingerprint density at radius 2 is 1.65 bits per heavy atom. The van der Waals surface area contributed by atoms with Crippen LogP contribution in [0.5, 0.6) is 0 Å². The molecule has 106 valence electrons. The lowest BCUT2D eigenvalue weighted by atomic mass is 10.1. The summed E-state index contributed by atoms with van der Waals surface area (Å²) in [6, 6.07) is 8.72. The van der Waals surface area contributed by atoms with Gasteiger partial charge < -0.3 is 10.4 Å². The molecule has 0 aliphatic rings. The predicted octanol–water partition coefficient (Wildman–Crippen LogP) is 2.92. The van der Waals surface area contributed by atoms with Gasteiger partial charge in [-0.1, -0.05) is 12.8 Å². The molecule has 0 fully saturated rings. The maximum Gasteiger partial charge on any atom is 0.303 e. The zero-order valence-corrected chi connectivity index (χ0v) is 11.3. The lowest BCUT2D eigenvalue weighted by Crippen LogP contribution is -2.10. The van der Waals surface area contributed by atoms with Crippen LogP contribution in [0, 0.1) is 11.3 Å². The third-order valence-corrected chi connectivity index (χ3v) is 2.84. The van der Waals surface area contributed by atoms with Gasteiger partial charge in [0.15, 0.2) is 0 Å². The molecule has 0 heterocycles. The van der Waals surface area contributed by atoms with Crippen LogP contribution in [-0.4, -0.2) is 17.0 Å². The number of nitrogens with one attached hydrogen (secondary N) is 1. The molecule has 0 aromatic heterocycles. The number of nitriles is 1. The van der Waals surface area contributed by atoms with Crippen molar-refractivity contribution >= 4 is 17.6 Å². The lowest BCUT2D eigenvalue weighted by molar-refractivity contribution is -0.137. The number of rotatable bonds is 8. The Hall–Kier alpha value is -2.35.